The van der Waals surface area contributed by atoms with E-state index >= 15 is 0 Å². The maximum absolute atomic E-state index is 14.2. The monoisotopic (exact) mass is 830 g/mol. The largest absolute Gasteiger partial charge is 0.513 e. The topological polar surface area (TPSA) is 135 Å². The van der Waals surface area contributed by atoms with Crippen LogP contribution in [0.4, 0.5) is 72.4 Å². The molecule has 1 N–H and O–H groups in total. The van der Waals surface area contributed by atoms with Gasteiger partial charge in [-0.15, -0.1) is 0 Å². The highest BCUT2D eigenvalue weighted by Gasteiger charge is 2.90. The molecule has 0 spiro atoms. The first kappa shape index (κ1) is 44.9. The van der Waals surface area contributed by atoms with Crippen molar-refractivity contribution < 1.29 is 95.3 Å². The van der Waals surface area contributed by atoms with Crippen LogP contribution in [0.15, 0.2) is 77.5 Å². The van der Waals surface area contributed by atoms with Crippen molar-refractivity contribution in [2.75, 3.05) is 19.8 Å². The van der Waals surface area contributed by atoms with Crippen LogP contribution in [0.1, 0.15) is 38.2 Å². The minimum atomic E-state index is -8.07. The fourth-order valence-corrected chi connectivity index (χ4v) is 4.80. The van der Waals surface area contributed by atoms with Gasteiger partial charge in [0.25, 0.3) is 5.69 Å². The lowest BCUT2D eigenvalue weighted by atomic mass is 9.90. The molecule has 0 aromatic heterocycles. The summed E-state index contributed by atoms with van der Waals surface area (Å²) < 4.78 is 199. The number of rotatable bonds is 16. The summed E-state index contributed by atoms with van der Waals surface area (Å²) in [6.45, 7) is 0.652. The number of ether oxygens (including phenoxy) is 5. The summed E-state index contributed by atoms with van der Waals surface area (Å²) in [6, 6.07) is 12.8. The average Bonchev–Trinajstić information content (AvgIpc) is 3.10. The van der Waals surface area contributed by atoms with Crippen LogP contribution in [-0.2, 0) is 18.9 Å². The van der Waals surface area contributed by atoms with Crippen molar-refractivity contribution in [3.05, 3.63) is 93.2 Å². The molecule has 0 saturated carbocycles. The Morgan fingerprint density at radius 3 is 1.73 bits per heavy atom. The summed E-state index contributed by atoms with van der Waals surface area (Å²) in [5, 5.41) is 14.2. The zero-order valence-corrected chi connectivity index (χ0v) is 28.3. The fourth-order valence-electron chi connectivity index (χ4n) is 4.80. The van der Waals surface area contributed by atoms with Crippen molar-refractivity contribution in [1.29, 1.82) is 0 Å². The van der Waals surface area contributed by atoms with E-state index < -0.39 is 89.8 Å². The number of hydrogen-bond acceptors (Lipinski definition) is 10. The number of carbonyl (C=O) groups excluding carboxylic acids is 2. The van der Waals surface area contributed by atoms with E-state index in [1.807, 2.05) is 0 Å². The molecule has 1 aliphatic rings. The van der Waals surface area contributed by atoms with Gasteiger partial charge in [-0.3, -0.25) is 10.1 Å². The van der Waals surface area contributed by atoms with Gasteiger partial charge >= 0.3 is 48.1 Å². The minimum Gasteiger partial charge on any atom is -0.490 e. The molecule has 0 radical (unpaired) electrons. The summed E-state index contributed by atoms with van der Waals surface area (Å²) in [5.41, 5.74) is -0.608. The second-order valence-electron chi connectivity index (χ2n) is 11.6. The third kappa shape index (κ3) is 9.32. The van der Waals surface area contributed by atoms with Gasteiger partial charge in [-0.1, -0.05) is 30.3 Å². The highest BCUT2D eigenvalue weighted by atomic mass is 19.4. The van der Waals surface area contributed by atoms with Crippen LogP contribution < -0.4 is 10.1 Å². The Morgan fingerprint density at radius 2 is 1.21 bits per heavy atom. The van der Waals surface area contributed by atoms with Crippen LogP contribution in [0, 0.1) is 10.1 Å². The molecule has 1 aliphatic heterocycles. The molecule has 0 aliphatic carbocycles. The van der Waals surface area contributed by atoms with E-state index in [-0.39, 0.29) is 35.9 Å². The lowest BCUT2D eigenvalue weighted by Crippen LogP contribution is -2.70. The molecular weight excluding hydrogens is 803 g/mol. The number of nitrogens with zero attached hydrogens (tertiary/aromatic N) is 1. The molecule has 1 heterocycles. The van der Waals surface area contributed by atoms with Gasteiger partial charge in [-0.2, -0.15) is 57.1 Å². The van der Waals surface area contributed by atoms with E-state index in [9.17, 15) is 76.8 Å². The molecule has 0 saturated heterocycles. The number of nitro benzene ring substituents is 1. The average molecular weight is 831 g/mol. The first-order valence-corrected chi connectivity index (χ1v) is 15.5. The first-order chi connectivity index (χ1) is 25.7. The molecule has 56 heavy (non-hydrogen) atoms. The highest BCUT2D eigenvalue weighted by Crippen LogP contribution is 2.60. The van der Waals surface area contributed by atoms with Gasteiger partial charge in [0, 0.05) is 18.6 Å². The predicted molar refractivity (Wildman–Crippen MR) is 161 cm³/mol. The molecule has 1 atom stereocenters. The van der Waals surface area contributed by atoms with Gasteiger partial charge in [0.05, 0.1) is 22.9 Å². The van der Waals surface area contributed by atoms with Gasteiger partial charge in [0.1, 0.15) is 36.4 Å². The first-order valence-electron chi connectivity index (χ1n) is 15.5. The zero-order valence-electron chi connectivity index (χ0n) is 28.3. The second-order valence-corrected chi connectivity index (χ2v) is 11.6. The standard InChI is InChI=1S/C32H27F13N2O9/c1-17-23(55-25(48)53-13-7-12-27(33,34)28(35,36)29(37,38)30(39,40)31(41,42)32(43,44)45)22(19-8-6-9-20(16-19)47(50)51)24(18(2)46-17)56-26(49)54-15-14-52-21-10-4-3-5-11-21/h3-6,8-11,16,22,46H,7,12-15H2,1-2H3. The molecule has 310 valence electrons. The molecule has 0 fully saturated rings. The minimum absolute atomic E-state index is 0.0516. The van der Waals surface area contributed by atoms with Crippen molar-refractivity contribution in [2.45, 2.75) is 68.4 Å². The quantitative estimate of drug-likeness (QED) is 0.0573. The lowest BCUT2D eigenvalue weighted by Gasteiger charge is -2.39. The van der Waals surface area contributed by atoms with Crippen LogP contribution in [0.2, 0.25) is 0 Å². The Labute approximate surface area is 306 Å². The molecule has 0 bridgehead atoms. The molecule has 2 aromatic carbocycles. The number of carbonyl (C=O) groups is 2. The highest BCUT2D eigenvalue weighted by molar-refractivity contribution is 5.65. The van der Waals surface area contributed by atoms with Crippen LogP contribution in [0.5, 0.6) is 5.75 Å². The number of benzene rings is 2. The number of nitro groups is 1. The van der Waals surface area contributed by atoms with Crippen molar-refractivity contribution in [2.24, 2.45) is 0 Å². The van der Waals surface area contributed by atoms with Crippen molar-refractivity contribution >= 4 is 18.0 Å². The van der Waals surface area contributed by atoms with Crippen LogP contribution >= 0.6 is 0 Å². The molecule has 24 heteroatoms. The molecule has 11 nitrogen and oxygen atoms in total. The van der Waals surface area contributed by atoms with Crippen molar-refractivity contribution in [3.63, 3.8) is 0 Å². The number of halogens is 13. The molecule has 2 aromatic rings. The number of alkyl halides is 13. The molecule has 0 amide bonds. The van der Waals surface area contributed by atoms with Crippen LogP contribution in [-0.4, -0.2) is 72.8 Å². The van der Waals surface area contributed by atoms with Gasteiger partial charge in [-0.05, 0) is 38.0 Å². The van der Waals surface area contributed by atoms with E-state index in [0.717, 1.165) is 12.1 Å². The zero-order chi connectivity index (χ0) is 42.5. The fraction of sp³-hybridized carbons (Fsp3) is 0.438. The summed E-state index contributed by atoms with van der Waals surface area (Å²) in [4.78, 5) is 35.9. The van der Waals surface area contributed by atoms with E-state index in [2.05, 4.69) is 10.1 Å². The number of nitrogens with one attached hydrogen (secondary N) is 1. The maximum atomic E-state index is 14.2. The summed E-state index contributed by atoms with van der Waals surface area (Å²) in [5.74, 6) is -39.9. The number of dihydropyridines is 1. The molecule has 1 unspecified atom stereocenters. The van der Waals surface area contributed by atoms with Crippen molar-refractivity contribution in [1.82, 2.24) is 5.32 Å². The number of non-ortho nitro benzene ring substituents is 1. The van der Waals surface area contributed by atoms with E-state index in [1.54, 1.807) is 30.3 Å². The van der Waals surface area contributed by atoms with E-state index in [4.69, 9.17) is 18.9 Å². The smallest absolute Gasteiger partial charge is 0.490 e. The van der Waals surface area contributed by atoms with E-state index in [0.29, 0.717) is 5.75 Å². The molecule has 3 rings (SSSR count). The Balaban J connectivity index is 1.75. The summed E-state index contributed by atoms with van der Waals surface area (Å²) >= 11 is 0. The van der Waals surface area contributed by atoms with Crippen molar-refractivity contribution in [3.8, 4) is 5.75 Å². The Hall–Kier alpha value is -5.45. The van der Waals surface area contributed by atoms with Crippen LogP contribution in [0.3, 0.4) is 0 Å². The Morgan fingerprint density at radius 1 is 0.696 bits per heavy atom. The number of hydrogen-bond donors (Lipinski definition) is 1. The number of para-hydroxylation sites is 1. The third-order valence-electron chi connectivity index (χ3n) is 7.61. The maximum Gasteiger partial charge on any atom is 0.513 e. The van der Waals surface area contributed by atoms with Gasteiger partial charge in [-0.25, -0.2) is 9.59 Å². The lowest BCUT2D eigenvalue weighted by molar-refractivity contribution is -0.440. The van der Waals surface area contributed by atoms with Gasteiger partial charge in [0.2, 0.25) is 0 Å². The Bertz CT molecular complexity index is 1820. The Kier molecular flexibility index (Phi) is 13.4. The summed E-state index contributed by atoms with van der Waals surface area (Å²) in [6.07, 6.45) is -15.0. The predicted octanol–water partition coefficient (Wildman–Crippen LogP) is 9.65. The van der Waals surface area contributed by atoms with Gasteiger partial charge in [0.15, 0.2) is 0 Å². The second kappa shape index (κ2) is 16.7. The summed E-state index contributed by atoms with van der Waals surface area (Å²) in [7, 11) is 0. The number of allylic oxidation sites excluding steroid dienone is 2. The SMILES string of the molecule is CC1=C(OC(=O)OCCCC(F)(F)C(F)(F)C(F)(F)C(F)(F)C(F)(F)C(F)(F)F)C(c2cccc([N+](=O)[O-])c2)C(OC(=O)OCCOc2ccccc2)=C(C)N1. The normalized spacial score (nSPS) is 15.9. The molecular formula is C32H27F13N2O9. The van der Waals surface area contributed by atoms with Gasteiger partial charge < -0.3 is 29.0 Å². The third-order valence-corrected chi connectivity index (χ3v) is 7.61. The van der Waals surface area contributed by atoms with E-state index in [1.165, 1.54) is 26.0 Å². The van der Waals surface area contributed by atoms with Crippen LogP contribution in [0.25, 0.3) is 0 Å².